The second kappa shape index (κ2) is 11.4. The molecule has 0 aromatic heterocycles. The third-order valence-corrected chi connectivity index (χ3v) is 10.7. The molecule has 0 saturated carbocycles. The fraction of sp³-hybridized carbons (Fsp3) is 0.235. The summed E-state index contributed by atoms with van der Waals surface area (Å²) in [6.07, 6.45) is 6.27. The van der Waals surface area contributed by atoms with Crippen molar-refractivity contribution < 1.29 is 4.57 Å². The lowest BCUT2D eigenvalue weighted by molar-refractivity contribution is 0.589. The van der Waals surface area contributed by atoms with Gasteiger partial charge in [0.05, 0.1) is 0 Å². The molecule has 0 bridgehead atoms. The van der Waals surface area contributed by atoms with Crippen LogP contribution in [0.15, 0.2) is 115 Å². The monoisotopic (exact) mass is 505 g/mol. The molecule has 0 spiro atoms. The maximum atomic E-state index is 15.4. The third-order valence-electron chi connectivity index (χ3n) is 7.33. The van der Waals surface area contributed by atoms with Gasteiger partial charge in [0.25, 0.3) is 0 Å². The molecule has 1 atom stereocenters. The highest BCUT2D eigenvalue weighted by Gasteiger charge is 2.41. The van der Waals surface area contributed by atoms with E-state index in [0.717, 1.165) is 66.2 Å². The van der Waals surface area contributed by atoms with Gasteiger partial charge in [-0.2, -0.15) is 0 Å². The second-order valence-electron chi connectivity index (χ2n) is 9.79. The van der Waals surface area contributed by atoms with Gasteiger partial charge < -0.3 is 9.46 Å². The van der Waals surface area contributed by atoms with Crippen molar-refractivity contribution in [2.45, 2.75) is 52.4 Å². The van der Waals surface area contributed by atoms with Crippen molar-refractivity contribution in [3.05, 3.63) is 120 Å². The summed E-state index contributed by atoms with van der Waals surface area (Å²) in [6, 6.07) is 37.8. The number of benzene rings is 4. The third kappa shape index (κ3) is 4.83. The maximum Gasteiger partial charge on any atom is 0.168 e. The highest BCUT2D eigenvalue weighted by molar-refractivity contribution is 7.83. The Hall–Kier alpha value is -3.35. The van der Waals surface area contributed by atoms with Crippen LogP contribution in [0.1, 0.15) is 57.9 Å². The fourth-order valence-corrected chi connectivity index (χ4v) is 8.91. The molecule has 1 aliphatic heterocycles. The van der Waals surface area contributed by atoms with Crippen molar-refractivity contribution in [3.8, 4) is 0 Å². The first kappa shape index (κ1) is 25.3. The van der Waals surface area contributed by atoms with Crippen LogP contribution in [0.4, 0.5) is 17.1 Å². The van der Waals surface area contributed by atoms with Crippen LogP contribution in [0.2, 0.25) is 0 Å². The van der Waals surface area contributed by atoms with E-state index in [1.165, 1.54) is 16.5 Å². The molecule has 0 radical (unpaired) electrons. The number of hydrogen-bond donors (Lipinski definition) is 0. The van der Waals surface area contributed by atoms with E-state index in [1.54, 1.807) is 0 Å². The summed E-state index contributed by atoms with van der Waals surface area (Å²) in [5, 5.41) is 3.15. The lowest BCUT2D eigenvalue weighted by Crippen LogP contribution is -2.18. The molecule has 37 heavy (non-hydrogen) atoms. The molecule has 1 unspecified atom stereocenters. The van der Waals surface area contributed by atoms with Gasteiger partial charge in [0.15, 0.2) is 7.14 Å². The van der Waals surface area contributed by atoms with Crippen molar-refractivity contribution in [2.75, 3.05) is 4.90 Å². The Morgan fingerprint density at radius 2 is 1.16 bits per heavy atom. The zero-order chi connectivity index (χ0) is 25.7. The van der Waals surface area contributed by atoms with Crippen LogP contribution in [-0.4, -0.2) is 0 Å². The molecule has 1 aliphatic rings. The first-order valence-corrected chi connectivity index (χ1v) is 15.3. The van der Waals surface area contributed by atoms with Crippen LogP contribution in [0.3, 0.4) is 0 Å². The van der Waals surface area contributed by atoms with Gasteiger partial charge in [-0.25, -0.2) is 0 Å². The van der Waals surface area contributed by atoms with Crippen molar-refractivity contribution in [2.24, 2.45) is 0 Å². The number of allylic oxidation sites excluding steroid dienone is 2. The summed E-state index contributed by atoms with van der Waals surface area (Å²) in [4.78, 5) is 2.27. The average molecular weight is 506 g/mol. The summed E-state index contributed by atoms with van der Waals surface area (Å²) < 4.78 is 15.4. The molecule has 188 valence electrons. The van der Waals surface area contributed by atoms with Gasteiger partial charge in [0, 0.05) is 33.0 Å². The highest BCUT2D eigenvalue weighted by Crippen LogP contribution is 2.62. The minimum absolute atomic E-state index is 0.896. The van der Waals surface area contributed by atoms with Crippen LogP contribution in [-0.2, 0) is 4.57 Å². The van der Waals surface area contributed by atoms with E-state index in [0.29, 0.717) is 0 Å². The number of nitrogens with zero attached hydrogens (tertiary/aromatic N) is 1. The van der Waals surface area contributed by atoms with Crippen molar-refractivity contribution in [1.82, 2.24) is 0 Å². The number of unbranched alkanes of at least 4 members (excludes halogenated alkanes) is 2. The fourth-order valence-electron chi connectivity index (χ4n) is 5.48. The second-order valence-corrected chi connectivity index (χ2v) is 12.5. The molecular formula is C34H36NOP. The van der Waals surface area contributed by atoms with E-state index in [2.05, 4.69) is 97.6 Å². The molecule has 0 amide bonds. The number of hydrogen-bond acceptors (Lipinski definition) is 2. The standard InChI is InChI=1S/C34H36NOP/c1-3-5-22-31-32-25-24-29(35(27-16-10-7-11-17-27)28-18-12-8-13-19-28)26-34(32)37(36,33(31)23-6-4-2)30-20-14-9-15-21-30/h7-21,24-26H,3-6,22-23H2,1-2H3. The quantitative estimate of drug-likeness (QED) is 0.200. The molecule has 2 nitrogen and oxygen atoms in total. The summed E-state index contributed by atoms with van der Waals surface area (Å²) >= 11 is 0. The molecule has 1 heterocycles. The number of para-hydroxylation sites is 2. The average Bonchev–Trinajstić information content (AvgIpc) is 3.20. The van der Waals surface area contributed by atoms with Gasteiger partial charge in [0.2, 0.25) is 0 Å². The van der Waals surface area contributed by atoms with Gasteiger partial charge in [-0.15, -0.1) is 0 Å². The van der Waals surface area contributed by atoms with Gasteiger partial charge in [-0.3, -0.25) is 0 Å². The van der Waals surface area contributed by atoms with E-state index in [-0.39, 0.29) is 0 Å². The Morgan fingerprint density at radius 1 is 0.622 bits per heavy atom. The SMILES string of the molecule is CCCCC1=C(CCCC)P(=O)(c2ccccc2)c2cc(N(c3ccccc3)c3ccccc3)ccc21. The Balaban J connectivity index is 1.73. The normalized spacial score (nSPS) is 16.6. The van der Waals surface area contributed by atoms with E-state index in [4.69, 9.17) is 0 Å². The highest BCUT2D eigenvalue weighted by atomic mass is 31.2. The molecule has 0 N–H and O–H groups in total. The van der Waals surface area contributed by atoms with Gasteiger partial charge in [-0.1, -0.05) is 99.5 Å². The van der Waals surface area contributed by atoms with E-state index >= 15 is 4.57 Å². The molecule has 0 saturated heterocycles. The van der Waals surface area contributed by atoms with Crippen molar-refractivity contribution in [3.63, 3.8) is 0 Å². The number of fused-ring (bicyclic) bond motifs is 1. The topological polar surface area (TPSA) is 20.3 Å². The molecule has 3 heteroatoms. The molecule has 4 aromatic rings. The summed E-state index contributed by atoms with van der Waals surface area (Å²) in [7, 11) is -2.95. The van der Waals surface area contributed by atoms with Crippen molar-refractivity contribution >= 4 is 40.4 Å². The van der Waals surface area contributed by atoms with Crippen LogP contribution < -0.4 is 15.5 Å². The smallest absolute Gasteiger partial charge is 0.168 e. The predicted molar refractivity (Wildman–Crippen MR) is 160 cm³/mol. The minimum Gasteiger partial charge on any atom is -0.310 e. The summed E-state index contributed by atoms with van der Waals surface area (Å²) in [6.45, 7) is 4.46. The number of rotatable bonds is 10. The maximum absolute atomic E-state index is 15.4. The molecular weight excluding hydrogens is 469 g/mol. The van der Waals surface area contributed by atoms with Gasteiger partial charge in [0.1, 0.15) is 0 Å². The van der Waals surface area contributed by atoms with E-state index < -0.39 is 7.14 Å². The van der Waals surface area contributed by atoms with Gasteiger partial charge >= 0.3 is 0 Å². The number of anilines is 3. The summed E-state index contributed by atoms with van der Waals surface area (Å²) in [5.74, 6) is 0. The van der Waals surface area contributed by atoms with Crippen LogP contribution in [0, 0.1) is 0 Å². The summed E-state index contributed by atoms with van der Waals surface area (Å²) in [5.41, 5.74) is 5.74. The molecule has 0 aliphatic carbocycles. The zero-order valence-corrected chi connectivity index (χ0v) is 22.8. The first-order chi connectivity index (χ1) is 18.2. The van der Waals surface area contributed by atoms with E-state index in [1.807, 2.05) is 30.3 Å². The lowest BCUT2D eigenvalue weighted by atomic mass is 9.98. The largest absolute Gasteiger partial charge is 0.310 e. The predicted octanol–water partition coefficient (Wildman–Crippen LogP) is 9.58. The van der Waals surface area contributed by atoms with Crippen LogP contribution >= 0.6 is 7.14 Å². The van der Waals surface area contributed by atoms with Crippen LogP contribution in [0.25, 0.3) is 5.57 Å². The van der Waals surface area contributed by atoms with Crippen LogP contribution in [0.5, 0.6) is 0 Å². The zero-order valence-electron chi connectivity index (χ0n) is 21.9. The molecule has 5 rings (SSSR count). The van der Waals surface area contributed by atoms with E-state index in [9.17, 15) is 0 Å². The Bertz CT molecular complexity index is 1370. The van der Waals surface area contributed by atoms with Crippen molar-refractivity contribution in [1.29, 1.82) is 0 Å². The molecule has 4 aromatic carbocycles. The Labute approximate surface area is 222 Å². The lowest BCUT2D eigenvalue weighted by Gasteiger charge is -2.27. The minimum atomic E-state index is -2.95. The Morgan fingerprint density at radius 3 is 1.73 bits per heavy atom. The first-order valence-electron chi connectivity index (χ1n) is 13.6. The Kier molecular flexibility index (Phi) is 7.77. The van der Waals surface area contributed by atoms with Gasteiger partial charge in [-0.05, 0) is 73.2 Å². The molecule has 0 fully saturated rings.